The molecule has 22 heavy (non-hydrogen) atoms. The minimum Gasteiger partial charge on any atom is -0.425 e. The number of rotatable bonds is 0. The summed E-state index contributed by atoms with van der Waals surface area (Å²) in [6, 6.07) is 6.20. The number of fused-ring (bicyclic) bond motifs is 4. The molecule has 5 rings (SSSR count). The lowest BCUT2D eigenvalue weighted by molar-refractivity contribution is -0.119. The Morgan fingerprint density at radius 1 is 1.09 bits per heavy atom. The van der Waals surface area contributed by atoms with E-state index in [-0.39, 0.29) is 5.91 Å². The fourth-order valence-electron chi connectivity index (χ4n) is 4.25. The second kappa shape index (κ2) is 3.85. The van der Waals surface area contributed by atoms with Crippen LogP contribution in [0.2, 0.25) is 0 Å². The molecule has 5 heteroatoms. The summed E-state index contributed by atoms with van der Waals surface area (Å²) in [6.45, 7) is 3.71. The van der Waals surface area contributed by atoms with E-state index in [4.69, 9.17) is 4.74 Å². The van der Waals surface area contributed by atoms with Crippen LogP contribution in [0.3, 0.4) is 0 Å². The summed E-state index contributed by atoms with van der Waals surface area (Å²) in [5, 5.41) is 9.68. The van der Waals surface area contributed by atoms with Crippen LogP contribution >= 0.6 is 0 Å². The van der Waals surface area contributed by atoms with Crippen LogP contribution < -0.4 is 16.0 Å². The van der Waals surface area contributed by atoms with E-state index in [1.807, 2.05) is 12.1 Å². The van der Waals surface area contributed by atoms with Gasteiger partial charge in [0.25, 0.3) is 0 Å². The molecule has 0 aromatic heterocycles. The van der Waals surface area contributed by atoms with E-state index in [2.05, 4.69) is 28.9 Å². The first-order valence-corrected chi connectivity index (χ1v) is 7.76. The molecular weight excluding hydrogens is 278 g/mol. The van der Waals surface area contributed by atoms with E-state index in [1.54, 1.807) is 0 Å². The van der Waals surface area contributed by atoms with Crippen LogP contribution in [0.15, 0.2) is 41.1 Å². The first kappa shape index (κ1) is 12.1. The molecule has 0 fully saturated rings. The second-order valence-corrected chi connectivity index (χ2v) is 6.32. The summed E-state index contributed by atoms with van der Waals surface area (Å²) in [6.07, 6.45) is 1.68. The maximum absolute atomic E-state index is 13.1. The molecule has 1 aromatic carbocycles. The number of anilines is 1. The highest BCUT2D eigenvalue weighted by molar-refractivity contribution is 6.11. The third kappa shape index (κ3) is 1.23. The minimum absolute atomic E-state index is 0.0591. The Morgan fingerprint density at radius 3 is 2.45 bits per heavy atom. The number of carbonyl (C=O) groups excluding carboxylic acids is 1. The molecule has 1 spiro atoms. The highest BCUT2D eigenvalue weighted by atomic mass is 16.5. The first-order valence-electron chi connectivity index (χ1n) is 7.76. The number of aryl methyl sites for hydroxylation is 1. The van der Waals surface area contributed by atoms with E-state index >= 15 is 0 Å². The number of benzene rings is 1. The fourth-order valence-corrected chi connectivity index (χ4v) is 4.25. The average molecular weight is 295 g/mol. The lowest BCUT2D eigenvalue weighted by Gasteiger charge is -2.34. The maximum atomic E-state index is 13.1. The van der Waals surface area contributed by atoms with Gasteiger partial charge >= 0.3 is 0 Å². The van der Waals surface area contributed by atoms with Gasteiger partial charge in [-0.1, -0.05) is 17.7 Å². The van der Waals surface area contributed by atoms with Crippen molar-refractivity contribution in [3.8, 4) is 0 Å². The van der Waals surface area contributed by atoms with Crippen LogP contribution in [-0.4, -0.2) is 19.0 Å². The van der Waals surface area contributed by atoms with E-state index in [0.29, 0.717) is 0 Å². The van der Waals surface area contributed by atoms with E-state index in [0.717, 1.165) is 60.1 Å². The molecule has 5 nitrogen and oxygen atoms in total. The SMILES string of the molecule is Cc1ccc2c(c1)C1(C(=O)N2)C2=C(NCC2)OC2=C1CCN2. The van der Waals surface area contributed by atoms with Gasteiger partial charge in [0.15, 0.2) is 11.8 Å². The number of carbonyl (C=O) groups is 1. The van der Waals surface area contributed by atoms with Crippen molar-refractivity contribution in [1.29, 1.82) is 0 Å². The molecule has 1 amide bonds. The Balaban J connectivity index is 1.86. The van der Waals surface area contributed by atoms with Gasteiger partial charge in [-0.15, -0.1) is 0 Å². The van der Waals surface area contributed by atoms with E-state index in [9.17, 15) is 4.79 Å². The van der Waals surface area contributed by atoms with Crippen molar-refractivity contribution in [1.82, 2.24) is 10.6 Å². The highest BCUT2D eigenvalue weighted by Crippen LogP contribution is 2.55. The molecule has 4 aliphatic heterocycles. The first-order chi connectivity index (χ1) is 10.7. The van der Waals surface area contributed by atoms with Gasteiger partial charge in [-0.25, -0.2) is 0 Å². The topological polar surface area (TPSA) is 62.4 Å². The van der Waals surface area contributed by atoms with Crippen molar-refractivity contribution in [2.45, 2.75) is 25.2 Å². The van der Waals surface area contributed by atoms with Crippen LogP contribution in [-0.2, 0) is 14.9 Å². The van der Waals surface area contributed by atoms with Gasteiger partial charge in [0.05, 0.1) is 0 Å². The van der Waals surface area contributed by atoms with Crippen LogP contribution in [0.5, 0.6) is 0 Å². The number of hydrogen-bond donors (Lipinski definition) is 3. The molecule has 0 unspecified atom stereocenters. The Labute approximate surface area is 128 Å². The summed E-state index contributed by atoms with van der Waals surface area (Å²) in [4.78, 5) is 13.1. The summed E-state index contributed by atoms with van der Waals surface area (Å²) in [7, 11) is 0. The third-order valence-corrected chi connectivity index (χ3v) is 5.15. The Kier molecular flexibility index (Phi) is 2.13. The highest BCUT2D eigenvalue weighted by Gasteiger charge is 2.58. The minimum atomic E-state index is -0.683. The predicted molar refractivity (Wildman–Crippen MR) is 81.9 cm³/mol. The molecule has 0 aliphatic carbocycles. The van der Waals surface area contributed by atoms with Crippen LogP contribution in [0.1, 0.15) is 24.0 Å². The standard InChI is InChI=1S/C17H17N3O2/c1-9-2-3-13-12(8-9)17(16(21)20-13)10-4-6-18-14(10)22-15-11(17)5-7-19-15/h2-3,8,18-19H,4-7H2,1H3,(H,20,21). The molecule has 0 atom stereocenters. The zero-order valence-electron chi connectivity index (χ0n) is 12.4. The molecule has 0 saturated heterocycles. The quantitative estimate of drug-likeness (QED) is 0.681. The van der Waals surface area contributed by atoms with Gasteiger partial charge in [-0.2, -0.15) is 0 Å². The normalized spacial score (nSPS) is 23.6. The Morgan fingerprint density at radius 2 is 1.77 bits per heavy atom. The molecule has 1 aromatic rings. The number of nitrogens with one attached hydrogen (secondary N) is 3. The van der Waals surface area contributed by atoms with Gasteiger partial charge in [0, 0.05) is 35.5 Å². The van der Waals surface area contributed by atoms with Crippen LogP contribution in [0, 0.1) is 6.92 Å². The van der Waals surface area contributed by atoms with Gasteiger partial charge in [-0.05, 0) is 25.8 Å². The molecule has 0 radical (unpaired) electrons. The van der Waals surface area contributed by atoms with Crippen molar-refractivity contribution in [3.05, 3.63) is 52.2 Å². The average Bonchev–Trinajstić information content (AvgIpc) is 3.19. The lowest BCUT2D eigenvalue weighted by Crippen LogP contribution is -2.41. The zero-order valence-corrected chi connectivity index (χ0v) is 12.4. The summed E-state index contributed by atoms with van der Waals surface area (Å²) in [5.74, 6) is 1.58. The summed E-state index contributed by atoms with van der Waals surface area (Å²) in [5.41, 5.74) is 4.65. The predicted octanol–water partition coefficient (Wildman–Crippen LogP) is 1.62. The molecule has 3 N–H and O–H groups in total. The number of hydrogen-bond acceptors (Lipinski definition) is 4. The molecule has 112 valence electrons. The number of ether oxygens (including phenoxy) is 1. The summed E-state index contributed by atoms with van der Waals surface area (Å²) < 4.78 is 5.97. The van der Waals surface area contributed by atoms with Crippen LogP contribution in [0.4, 0.5) is 5.69 Å². The monoisotopic (exact) mass is 295 g/mol. The molecule has 4 aliphatic rings. The van der Waals surface area contributed by atoms with Crippen molar-refractivity contribution in [2.75, 3.05) is 18.4 Å². The Hall–Kier alpha value is -2.43. The largest absolute Gasteiger partial charge is 0.425 e. The van der Waals surface area contributed by atoms with Gasteiger partial charge in [0.1, 0.15) is 5.41 Å². The molecule has 0 saturated carbocycles. The van der Waals surface area contributed by atoms with Gasteiger partial charge in [0.2, 0.25) is 5.91 Å². The smallest absolute Gasteiger partial charge is 0.243 e. The second-order valence-electron chi connectivity index (χ2n) is 6.32. The van der Waals surface area contributed by atoms with E-state index in [1.165, 1.54) is 5.56 Å². The van der Waals surface area contributed by atoms with Gasteiger partial charge in [-0.3, -0.25) is 4.79 Å². The fraction of sp³-hybridized carbons (Fsp3) is 0.353. The lowest BCUT2D eigenvalue weighted by atomic mass is 9.67. The van der Waals surface area contributed by atoms with Crippen molar-refractivity contribution in [3.63, 3.8) is 0 Å². The molecule has 4 heterocycles. The number of amides is 1. The van der Waals surface area contributed by atoms with Crippen LogP contribution in [0.25, 0.3) is 0 Å². The van der Waals surface area contributed by atoms with Gasteiger partial charge < -0.3 is 20.7 Å². The zero-order chi connectivity index (χ0) is 14.9. The van der Waals surface area contributed by atoms with Crippen molar-refractivity contribution >= 4 is 11.6 Å². The molecular formula is C17H17N3O2. The maximum Gasteiger partial charge on any atom is 0.243 e. The summed E-state index contributed by atoms with van der Waals surface area (Å²) >= 11 is 0. The van der Waals surface area contributed by atoms with Crippen molar-refractivity contribution < 1.29 is 9.53 Å². The third-order valence-electron chi connectivity index (χ3n) is 5.15. The molecule has 0 bridgehead atoms. The van der Waals surface area contributed by atoms with Crippen molar-refractivity contribution in [2.24, 2.45) is 0 Å². The Bertz CT molecular complexity index is 761. The van der Waals surface area contributed by atoms with E-state index < -0.39 is 5.41 Å².